The zero-order valence-electron chi connectivity index (χ0n) is 14.1. The van der Waals surface area contributed by atoms with Gasteiger partial charge in [-0.1, -0.05) is 12.1 Å². The Labute approximate surface area is 185 Å². The Morgan fingerprint density at radius 3 is 1.46 bits per heavy atom. The van der Waals surface area contributed by atoms with E-state index in [1.54, 1.807) is 22.7 Å². The fourth-order valence-corrected chi connectivity index (χ4v) is 8.80. The van der Waals surface area contributed by atoms with E-state index in [0.717, 1.165) is 11.4 Å². The van der Waals surface area contributed by atoms with Crippen molar-refractivity contribution in [2.45, 2.75) is 0 Å². The van der Waals surface area contributed by atoms with Crippen LogP contribution in [-0.4, -0.2) is 0 Å². The van der Waals surface area contributed by atoms with Crippen LogP contribution in [0.3, 0.4) is 0 Å². The monoisotopic (exact) mass is 470 g/mol. The quantitative estimate of drug-likeness (QED) is 0.245. The van der Waals surface area contributed by atoms with E-state index in [4.69, 9.17) is 0 Å². The van der Waals surface area contributed by atoms with E-state index >= 15 is 0 Å². The molecule has 0 radical (unpaired) electrons. The van der Waals surface area contributed by atoms with Crippen LogP contribution in [-0.2, 0) is 11.4 Å². The van der Waals surface area contributed by atoms with Gasteiger partial charge in [-0.2, -0.15) is 8.73 Å². The summed E-state index contributed by atoms with van der Waals surface area (Å²) < 4.78 is 9.25. The first kappa shape index (κ1) is 17.2. The maximum Gasteiger partial charge on any atom is 0.124 e. The van der Waals surface area contributed by atoms with Crippen molar-refractivity contribution in [3.8, 4) is 39.0 Å². The molecule has 0 saturated heterocycles. The van der Waals surface area contributed by atoms with Crippen LogP contribution in [0.25, 0.3) is 39.0 Å². The summed E-state index contributed by atoms with van der Waals surface area (Å²) in [6.45, 7) is 0. The molecular weight excluding hydrogens is 461 g/mol. The Hall–Kier alpha value is -1.68. The Morgan fingerprint density at radius 2 is 1.00 bits per heavy atom. The standard InChI is InChI=1S/C20H10N2S6/c1-3-11(23-9-1)13-5-7-15(25-13)19-17-18(22-28-21-17)20(27-19)16-8-6-14(26-16)12-4-2-10-24-12/h1-10H. The first-order valence-electron chi connectivity index (χ1n) is 8.40. The van der Waals surface area contributed by atoms with Gasteiger partial charge in [0.15, 0.2) is 0 Å². The van der Waals surface area contributed by atoms with Crippen LogP contribution in [0.4, 0.5) is 11.4 Å². The van der Waals surface area contributed by atoms with Gasteiger partial charge in [-0.3, -0.25) is 0 Å². The highest BCUT2D eigenvalue weighted by Gasteiger charge is 2.24. The van der Waals surface area contributed by atoms with E-state index in [1.807, 2.05) is 34.0 Å². The number of fused-ring (bicyclic) bond motifs is 1. The fraction of sp³-hybridized carbons (Fsp3) is 0. The Bertz CT molecular complexity index is 1240. The molecule has 1 aliphatic rings. The molecule has 8 heteroatoms. The lowest BCUT2D eigenvalue weighted by Gasteiger charge is -1.93. The summed E-state index contributed by atoms with van der Waals surface area (Å²) in [6.07, 6.45) is 0. The highest BCUT2D eigenvalue weighted by Crippen LogP contribution is 2.56. The maximum absolute atomic E-state index is 4.63. The molecule has 6 rings (SSSR count). The second-order valence-corrected chi connectivity index (χ2v) is 11.6. The van der Waals surface area contributed by atoms with Crippen molar-refractivity contribution < 1.29 is 0 Å². The summed E-state index contributed by atoms with van der Waals surface area (Å²) >= 11 is 10.4. The van der Waals surface area contributed by atoms with Gasteiger partial charge < -0.3 is 0 Å². The van der Waals surface area contributed by atoms with Crippen molar-refractivity contribution >= 4 is 79.4 Å². The van der Waals surface area contributed by atoms with Crippen molar-refractivity contribution in [3.05, 3.63) is 59.3 Å². The summed E-state index contributed by atoms with van der Waals surface area (Å²) in [5.74, 6) is 0. The second-order valence-electron chi connectivity index (χ2n) is 6.00. The fourth-order valence-electron chi connectivity index (χ4n) is 3.04. The summed E-state index contributed by atoms with van der Waals surface area (Å²) in [5, 5.41) is 4.25. The van der Waals surface area contributed by atoms with Gasteiger partial charge in [0.05, 0.1) is 21.1 Å². The molecule has 5 aromatic heterocycles. The highest BCUT2D eigenvalue weighted by atomic mass is 32.1. The average molecular weight is 471 g/mol. The molecule has 0 unspecified atom stereocenters. The number of thiophene rings is 5. The molecule has 0 saturated carbocycles. The van der Waals surface area contributed by atoms with E-state index in [2.05, 4.69) is 68.0 Å². The molecule has 0 amide bonds. The van der Waals surface area contributed by atoms with Gasteiger partial charge in [-0.05, 0) is 47.2 Å². The molecule has 0 aliphatic carbocycles. The normalized spacial score (nSPS) is 12.4. The predicted octanol–water partition coefficient (Wildman–Crippen LogP) is 9.39. The van der Waals surface area contributed by atoms with Crippen LogP contribution >= 0.6 is 56.7 Å². The average Bonchev–Trinajstić information content (AvgIpc) is 3.55. The summed E-state index contributed by atoms with van der Waals surface area (Å²) in [7, 11) is 0. The van der Waals surface area contributed by atoms with Gasteiger partial charge in [-0.25, -0.2) is 0 Å². The van der Waals surface area contributed by atoms with Gasteiger partial charge in [-0.15, -0.1) is 56.7 Å². The summed E-state index contributed by atoms with van der Waals surface area (Å²) in [6, 6.07) is 17.4. The van der Waals surface area contributed by atoms with Gasteiger partial charge >= 0.3 is 0 Å². The van der Waals surface area contributed by atoms with Crippen molar-refractivity contribution in [2.75, 3.05) is 0 Å². The predicted molar refractivity (Wildman–Crippen MR) is 129 cm³/mol. The topological polar surface area (TPSA) is 24.7 Å². The minimum absolute atomic E-state index is 1.04. The summed E-state index contributed by atoms with van der Waals surface area (Å²) in [4.78, 5) is 10.3. The van der Waals surface area contributed by atoms with E-state index < -0.39 is 0 Å². The van der Waals surface area contributed by atoms with Gasteiger partial charge in [0.25, 0.3) is 0 Å². The summed E-state index contributed by atoms with van der Waals surface area (Å²) in [5.41, 5.74) is 2.08. The lowest BCUT2D eigenvalue weighted by molar-refractivity contribution is 1.62. The van der Waals surface area contributed by atoms with Gasteiger partial charge in [0, 0.05) is 29.3 Å². The minimum atomic E-state index is 1.04. The number of hydrogen-bond donors (Lipinski definition) is 0. The first-order valence-corrected chi connectivity index (χ1v) is 13.3. The Morgan fingerprint density at radius 1 is 0.500 bits per heavy atom. The number of rotatable bonds is 4. The van der Waals surface area contributed by atoms with Crippen molar-refractivity contribution in [1.29, 1.82) is 0 Å². The first-order chi connectivity index (χ1) is 13.9. The van der Waals surface area contributed by atoms with Crippen molar-refractivity contribution in [3.63, 3.8) is 0 Å². The van der Waals surface area contributed by atoms with Crippen LogP contribution in [0.2, 0.25) is 0 Å². The van der Waals surface area contributed by atoms with Crippen molar-refractivity contribution in [2.24, 2.45) is 8.73 Å². The van der Waals surface area contributed by atoms with Crippen LogP contribution in [0.1, 0.15) is 0 Å². The largest absolute Gasteiger partial charge is 0.171 e. The molecule has 0 aromatic carbocycles. The molecule has 0 fully saturated rings. The molecule has 5 aromatic rings. The zero-order chi connectivity index (χ0) is 18.5. The lowest BCUT2D eigenvalue weighted by atomic mass is 10.2. The molecule has 136 valence electrons. The molecule has 0 N–H and O–H groups in total. The molecule has 0 atom stereocenters. The van der Waals surface area contributed by atoms with Crippen LogP contribution in [0, 0.1) is 0 Å². The second kappa shape index (κ2) is 6.98. The molecule has 1 aliphatic heterocycles. The Balaban J connectivity index is 1.44. The molecular formula is C20H10N2S6. The molecule has 6 heterocycles. The van der Waals surface area contributed by atoms with E-state index in [9.17, 15) is 0 Å². The third kappa shape index (κ3) is 2.83. The minimum Gasteiger partial charge on any atom is -0.171 e. The third-order valence-corrected chi connectivity index (χ3v) is 10.7. The Kier molecular flexibility index (Phi) is 4.29. The highest BCUT2D eigenvalue weighted by molar-refractivity contribution is 7.58. The SMILES string of the molecule is c1csc(-c2ccc(-c3sc(-c4ccc(-c5cccs5)s4)c4c3N=S=N4)s2)c1. The zero-order valence-corrected chi connectivity index (χ0v) is 19.0. The van der Waals surface area contributed by atoms with Crippen LogP contribution in [0.15, 0.2) is 68.0 Å². The van der Waals surface area contributed by atoms with E-state index in [-0.39, 0.29) is 0 Å². The molecule has 0 bridgehead atoms. The smallest absolute Gasteiger partial charge is 0.124 e. The molecule has 28 heavy (non-hydrogen) atoms. The van der Waals surface area contributed by atoms with E-state index in [1.165, 1.54) is 50.4 Å². The number of nitrogens with zero attached hydrogens (tertiary/aromatic N) is 2. The van der Waals surface area contributed by atoms with Crippen molar-refractivity contribution in [1.82, 2.24) is 0 Å². The third-order valence-electron chi connectivity index (χ3n) is 4.31. The number of hydrogen-bond acceptors (Lipinski definition) is 7. The molecule has 0 spiro atoms. The maximum atomic E-state index is 4.63. The van der Waals surface area contributed by atoms with Gasteiger partial charge in [0.1, 0.15) is 11.4 Å². The van der Waals surface area contributed by atoms with Crippen LogP contribution in [0.5, 0.6) is 0 Å². The molecule has 2 nitrogen and oxygen atoms in total. The van der Waals surface area contributed by atoms with Crippen LogP contribution < -0.4 is 0 Å². The van der Waals surface area contributed by atoms with Gasteiger partial charge in [0.2, 0.25) is 0 Å². The lowest BCUT2D eigenvalue weighted by Crippen LogP contribution is -1.61. The van der Waals surface area contributed by atoms with E-state index in [0.29, 0.717) is 0 Å².